The van der Waals surface area contributed by atoms with Gasteiger partial charge in [0, 0.05) is 34.1 Å². The van der Waals surface area contributed by atoms with Crippen molar-refractivity contribution in [2.75, 3.05) is 11.4 Å². The van der Waals surface area contributed by atoms with Crippen LogP contribution in [0.1, 0.15) is 12.0 Å². The fourth-order valence-electron chi connectivity index (χ4n) is 3.60. The predicted octanol–water partition coefficient (Wildman–Crippen LogP) is 4.19. The van der Waals surface area contributed by atoms with E-state index in [0.29, 0.717) is 16.8 Å². The second-order valence-electron chi connectivity index (χ2n) is 7.13. The summed E-state index contributed by atoms with van der Waals surface area (Å²) >= 11 is 3.39. The Morgan fingerprint density at radius 2 is 1.87 bits per heavy atom. The molecule has 1 aliphatic heterocycles. The van der Waals surface area contributed by atoms with Gasteiger partial charge in [-0.25, -0.2) is 4.98 Å². The number of nitrogens with zero attached hydrogens (tertiary/aromatic N) is 3. The largest absolute Gasteiger partial charge is 0.507 e. The Labute approximate surface area is 186 Å². The number of carbonyl (C=O) groups is 2. The second kappa shape index (κ2) is 8.20. The second-order valence-corrected chi connectivity index (χ2v) is 8.05. The molecule has 1 amide bonds. The average molecular weight is 478 g/mol. The van der Waals surface area contributed by atoms with Gasteiger partial charge in [-0.15, -0.1) is 0 Å². The molecule has 1 fully saturated rings. The van der Waals surface area contributed by atoms with E-state index in [1.807, 2.05) is 24.3 Å². The van der Waals surface area contributed by atoms with Gasteiger partial charge in [-0.1, -0.05) is 46.3 Å². The van der Waals surface area contributed by atoms with Crippen LogP contribution in [0.3, 0.4) is 0 Å². The van der Waals surface area contributed by atoms with E-state index in [9.17, 15) is 25.1 Å². The van der Waals surface area contributed by atoms with Crippen molar-refractivity contribution in [2.45, 2.75) is 6.42 Å². The molecule has 2 aromatic carbocycles. The van der Waals surface area contributed by atoms with Gasteiger partial charge in [0.15, 0.2) is 5.82 Å². The average Bonchev–Trinajstić information content (AvgIpc) is 3.15. The lowest BCUT2D eigenvalue weighted by atomic mass is 9.97. The number of carboxylic acid groups (broad SMARTS) is 1. The number of carboxylic acids is 1. The van der Waals surface area contributed by atoms with E-state index in [4.69, 9.17) is 0 Å². The van der Waals surface area contributed by atoms with E-state index < -0.39 is 17.8 Å². The number of nitriles is 1. The van der Waals surface area contributed by atoms with Crippen molar-refractivity contribution in [2.24, 2.45) is 5.92 Å². The third kappa shape index (κ3) is 3.88. The molecule has 0 spiro atoms. The van der Waals surface area contributed by atoms with Gasteiger partial charge >= 0.3 is 5.97 Å². The minimum absolute atomic E-state index is 0.0194. The Bertz CT molecular complexity index is 1230. The zero-order valence-corrected chi connectivity index (χ0v) is 17.7. The third-order valence-corrected chi connectivity index (χ3v) is 5.70. The molecular weight excluding hydrogens is 462 g/mol. The van der Waals surface area contributed by atoms with Gasteiger partial charge in [-0.05, 0) is 24.3 Å². The summed E-state index contributed by atoms with van der Waals surface area (Å²) < 4.78 is 0.880. The highest BCUT2D eigenvalue weighted by Crippen LogP contribution is 2.39. The fraction of sp³-hybridized carbons (Fsp3) is 0.130. The summed E-state index contributed by atoms with van der Waals surface area (Å²) in [6.45, 7) is -0.0696. The van der Waals surface area contributed by atoms with Crippen LogP contribution in [0.5, 0.6) is 5.75 Å². The highest BCUT2D eigenvalue weighted by atomic mass is 79.9. The fourth-order valence-corrected chi connectivity index (χ4v) is 3.86. The number of anilines is 1. The maximum Gasteiger partial charge on any atom is 0.308 e. The summed E-state index contributed by atoms with van der Waals surface area (Å²) in [4.78, 5) is 29.9. The molecule has 1 saturated heterocycles. The number of halogens is 1. The van der Waals surface area contributed by atoms with Crippen LogP contribution >= 0.6 is 15.9 Å². The van der Waals surface area contributed by atoms with Gasteiger partial charge in [-0.3, -0.25) is 14.5 Å². The Morgan fingerprint density at radius 1 is 1.16 bits per heavy atom. The molecule has 0 aliphatic carbocycles. The lowest BCUT2D eigenvalue weighted by Gasteiger charge is -2.20. The van der Waals surface area contributed by atoms with E-state index in [2.05, 4.69) is 27.0 Å². The molecule has 3 aromatic rings. The van der Waals surface area contributed by atoms with Gasteiger partial charge < -0.3 is 10.2 Å². The van der Waals surface area contributed by atoms with Crippen LogP contribution in [-0.4, -0.2) is 33.6 Å². The van der Waals surface area contributed by atoms with E-state index in [0.717, 1.165) is 10.0 Å². The maximum absolute atomic E-state index is 12.6. The van der Waals surface area contributed by atoms with Crippen molar-refractivity contribution in [3.05, 3.63) is 64.6 Å². The standard InChI is InChI=1S/C23H16BrN3O4/c24-15-7-5-13(6-8-15)19-10-17(16-3-1-2-4-20(16)28)18(11-25)22(26-19)27-12-14(23(30)31)9-21(27)29/h1-8,10,14,28H,9,12H2,(H,30,31). The molecule has 0 radical (unpaired) electrons. The van der Waals surface area contributed by atoms with Gasteiger partial charge in [-0.2, -0.15) is 5.26 Å². The molecule has 1 unspecified atom stereocenters. The molecule has 8 heteroatoms. The highest BCUT2D eigenvalue weighted by molar-refractivity contribution is 9.10. The smallest absolute Gasteiger partial charge is 0.308 e. The SMILES string of the molecule is N#Cc1c(-c2ccccc2O)cc(-c2ccc(Br)cc2)nc1N1CC(C(=O)O)CC1=O. The van der Waals surface area contributed by atoms with Gasteiger partial charge in [0.2, 0.25) is 5.91 Å². The molecule has 4 rings (SSSR count). The van der Waals surface area contributed by atoms with Crippen LogP contribution in [0.2, 0.25) is 0 Å². The number of aromatic nitrogens is 1. The summed E-state index contributed by atoms with van der Waals surface area (Å²) in [5.41, 5.74) is 2.16. The molecule has 0 saturated carbocycles. The summed E-state index contributed by atoms with van der Waals surface area (Å²) in [7, 11) is 0. The van der Waals surface area contributed by atoms with E-state index >= 15 is 0 Å². The number of para-hydroxylation sites is 1. The lowest BCUT2D eigenvalue weighted by molar-refractivity contribution is -0.141. The molecule has 31 heavy (non-hydrogen) atoms. The van der Waals surface area contributed by atoms with Crippen LogP contribution in [0, 0.1) is 17.2 Å². The van der Waals surface area contributed by atoms with Crippen LogP contribution in [0.25, 0.3) is 22.4 Å². The molecule has 2 heterocycles. The number of aliphatic carboxylic acids is 1. The predicted molar refractivity (Wildman–Crippen MR) is 117 cm³/mol. The number of aromatic hydroxyl groups is 1. The lowest BCUT2D eigenvalue weighted by Crippen LogP contribution is -2.28. The summed E-state index contributed by atoms with van der Waals surface area (Å²) in [5, 5.41) is 29.7. The molecular formula is C23H16BrN3O4. The number of benzene rings is 2. The minimum atomic E-state index is -1.07. The Kier molecular flexibility index (Phi) is 5.44. The molecule has 154 valence electrons. The van der Waals surface area contributed by atoms with Crippen LogP contribution in [-0.2, 0) is 9.59 Å². The van der Waals surface area contributed by atoms with Crippen molar-refractivity contribution in [3.8, 4) is 34.2 Å². The highest BCUT2D eigenvalue weighted by Gasteiger charge is 2.37. The number of phenols is 1. The Balaban J connectivity index is 1.96. The first-order chi connectivity index (χ1) is 14.9. The molecule has 0 bridgehead atoms. The van der Waals surface area contributed by atoms with E-state index in [-0.39, 0.29) is 30.1 Å². The third-order valence-electron chi connectivity index (χ3n) is 5.18. The first kappa shape index (κ1) is 20.6. The van der Waals surface area contributed by atoms with Crippen molar-refractivity contribution < 1.29 is 19.8 Å². The van der Waals surface area contributed by atoms with E-state index in [1.165, 1.54) is 11.0 Å². The number of phenolic OH excluding ortho intramolecular Hbond substituents is 1. The molecule has 1 atom stereocenters. The quantitative estimate of drug-likeness (QED) is 0.581. The number of rotatable bonds is 4. The van der Waals surface area contributed by atoms with Crippen molar-refractivity contribution in [3.63, 3.8) is 0 Å². The van der Waals surface area contributed by atoms with Crippen LogP contribution in [0.15, 0.2) is 59.1 Å². The minimum Gasteiger partial charge on any atom is -0.507 e. The Hall–Kier alpha value is -3.70. The van der Waals surface area contributed by atoms with Gasteiger partial charge in [0.25, 0.3) is 0 Å². The molecule has 7 nitrogen and oxygen atoms in total. The zero-order chi connectivity index (χ0) is 22.1. The first-order valence-corrected chi connectivity index (χ1v) is 10.2. The monoisotopic (exact) mass is 477 g/mol. The maximum atomic E-state index is 12.6. The Morgan fingerprint density at radius 3 is 2.48 bits per heavy atom. The topological polar surface area (TPSA) is 115 Å². The van der Waals surface area contributed by atoms with Crippen LogP contribution < -0.4 is 4.90 Å². The van der Waals surface area contributed by atoms with Gasteiger partial charge in [0.05, 0.1) is 11.6 Å². The van der Waals surface area contributed by atoms with Crippen molar-refractivity contribution >= 4 is 33.6 Å². The normalized spacial score (nSPS) is 15.7. The molecule has 1 aromatic heterocycles. The van der Waals surface area contributed by atoms with Crippen molar-refractivity contribution in [1.29, 1.82) is 5.26 Å². The summed E-state index contributed by atoms with van der Waals surface area (Å²) in [6.07, 6.45) is -0.156. The van der Waals surface area contributed by atoms with Crippen LogP contribution in [0.4, 0.5) is 5.82 Å². The number of hydrogen-bond acceptors (Lipinski definition) is 5. The molecule has 1 aliphatic rings. The number of hydrogen-bond donors (Lipinski definition) is 2. The number of amides is 1. The first-order valence-electron chi connectivity index (χ1n) is 9.41. The number of carbonyl (C=O) groups excluding carboxylic acids is 1. The summed E-state index contributed by atoms with van der Waals surface area (Å²) in [5.74, 6) is -2.28. The molecule has 2 N–H and O–H groups in total. The number of pyridine rings is 1. The van der Waals surface area contributed by atoms with Gasteiger partial charge in [0.1, 0.15) is 17.4 Å². The van der Waals surface area contributed by atoms with Crippen molar-refractivity contribution in [1.82, 2.24) is 4.98 Å². The van der Waals surface area contributed by atoms with E-state index in [1.54, 1.807) is 24.3 Å². The zero-order valence-electron chi connectivity index (χ0n) is 16.1. The summed E-state index contributed by atoms with van der Waals surface area (Å²) in [6, 6.07) is 17.7.